The Kier molecular flexibility index (Phi) is 6.32. The molecule has 0 aliphatic carbocycles. The fourth-order valence-corrected chi connectivity index (χ4v) is 1.74. The summed E-state index contributed by atoms with van der Waals surface area (Å²) in [6, 6.07) is 7.41. The molecule has 1 unspecified atom stereocenters. The lowest BCUT2D eigenvalue weighted by atomic mass is 10.1. The summed E-state index contributed by atoms with van der Waals surface area (Å²) in [5, 5.41) is 15.3. The highest BCUT2D eigenvalue weighted by atomic mass is 79.9. The zero-order valence-electron chi connectivity index (χ0n) is 10.6. The number of halogens is 1. The summed E-state index contributed by atoms with van der Waals surface area (Å²) in [5.41, 5.74) is 0.751. The molecule has 1 rings (SSSR count). The highest BCUT2D eigenvalue weighted by Crippen LogP contribution is 2.15. The summed E-state index contributed by atoms with van der Waals surface area (Å²) in [7, 11) is 0. The van der Waals surface area contributed by atoms with E-state index in [0.717, 1.165) is 10.2 Å². The zero-order valence-corrected chi connectivity index (χ0v) is 12.2. The molecule has 0 aromatic heterocycles. The van der Waals surface area contributed by atoms with E-state index in [4.69, 9.17) is 0 Å². The van der Waals surface area contributed by atoms with Crippen molar-refractivity contribution in [3.63, 3.8) is 0 Å². The Balaban J connectivity index is 2.30. The predicted molar refractivity (Wildman–Crippen MR) is 76.5 cm³/mol. The molecule has 0 aliphatic rings. The maximum Gasteiger partial charge on any atom is 0.238 e. The fraction of sp³-hybridized carbons (Fsp3) is 0.462. The van der Waals surface area contributed by atoms with Crippen molar-refractivity contribution >= 4 is 27.5 Å². The third-order valence-corrected chi connectivity index (χ3v) is 3.01. The molecule has 0 saturated heterocycles. The molecule has 1 aromatic rings. The van der Waals surface area contributed by atoms with E-state index in [1.807, 2.05) is 38.1 Å². The van der Waals surface area contributed by atoms with Crippen LogP contribution in [0.4, 0.5) is 5.69 Å². The standard InChI is InChI=1S/C13H19BrN2O2/c1-9(2)12(17)7-15-8-13(18)16-11-5-3-4-10(14)6-11/h3-6,9,12,15,17H,7-8H2,1-2H3,(H,16,18). The van der Waals surface area contributed by atoms with E-state index in [1.54, 1.807) is 0 Å². The summed E-state index contributed by atoms with van der Waals surface area (Å²) in [6.45, 7) is 4.49. The first kappa shape index (κ1) is 15.1. The van der Waals surface area contributed by atoms with Crippen molar-refractivity contribution in [2.45, 2.75) is 20.0 Å². The van der Waals surface area contributed by atoms with Gasteiger partial charge in [0.25, 0.3) is 0 Å². The number of aliphatic hydroxyl groups excluding tert-OH is 1. The van der Waals surface area contributed by atoms with E-state index in [1.165, 1.54) is 0 Å². The van der Waals surface area contributed by atoms with Crippen molar-refractivity contribution < 1.29 is 9.90 Å². The number of carbonyl (C=O) groups is 1. The van der Waals surface area contributed by atoms with Crippen molar-refractivity contribution in [3.05, 3.63) is 28.7 Å². The summed E-state index contributed by atoms with van der Waals surface area (Å²) < 4.78 is 0.920. The molecule has 1 aromatic carbocycles. The second-order valence-electron chi connectivity index (χ2n) is 4.50. The molecule has 0 saturated carbocycles. The molecule has 0 aliphatic heterocycles. The molecule has 0 heterocycles. The number of hydrogen-bond acceptors (Lipinski definition) is 3. The van der Waals surface area contributed by atoms with Crippen LogP contribution in [0.5, 0.6) is 0 Å². The number of rotatable bonds is 6. The topological polar surface area (TPSA) is 61.4 Å². The van der Waals surface area contributed by atoms with Crippen LogP contribution in [0.1, 0.15) is 13.8 Å². The largest absolute Gasteiger partial charge is 0.392 e. The maximum absolute atomic E-state index is 11.6. The van der Waals surface area contributed by atoms with Crippen LogP contribution in [0.25, 0.3) is 0 Å². The van der Waals surface area contributed by atoms with Gasteiger partial charge in [-0.1, -0.05) is 35.8 Å². The van der Waals surface area contributed by atoms with Crippen LogP contribution >= 0.6 is 15.9 Å². The van der Waals surface area contributed by atoms with E-state index in [9.17, 15) is 9.90 Å². The van der Waals surface area contributed by atoms with E-state index < -0.39 is 6.10 Å². The van der Waals surface area contributed by atoms with Crippen LogP contribution in [-0.2, 0) is 4.79 Å². The predicted octanol–water partition coefficient (Wildman–Crippen LogP) is 1.99. The third-order valence-electron chi connectivity index (χ3n) is 2.52. The summed E-state index contributed by atoms with van der Waals surface area (Å²) in [6.07, 6.45) is -0.427. The number of anilines is 1. The molecule has 0 fully saturated rings. The van der Waals surface area contributed by atoms with Crippen LogP contribution in [0.15, 0.2) is 28.7 Å². The van der Waals surface area contributed by atoms with Crippen LogP contribution in [0, 0.1) is 5.92 Å². The Labute approximate surface area is 116 Å². The van der Waals surface area contributed by atoms with Gasteiger partial charge in [0.05, 0.1) is 12.6 Å². The fourth-order valence-electron chi connectivity index (χ4n) is 1.34. The molecule has 18 heavy (non-hydrogen) atoms. The first-order chi connectivity index (χ1) is 8.49. The molecule has 3 N–H and O–H groups in total. The highest BCUT2D eigenvalue weighted by molar-refractivity contribution is 9.10. The highest BCUT2D eigenvalue weighted by Gasteiger charge is 2.09. The number of hydrogen-bond donors (Lipinski definition) is 3. The van der Waals surface area contributed by atoms with Gasteiger partial charge < -0.3 is 15.7 Å². The van der Waals surface area contributed by atoms with Gasteiger partial charge in [-0.15, -0.1) is 0 Å². The number of aliphatic hydroxyl groups is 1. The first-order valence-corrected chi connectivity index (χ1v) is 6.72. The second kappa shape index (κ2) is 7.51. The minimum atomic E-state index is -0.427. The third kappa shape index (κ3) is 5.62. The molecule has 4 nitrogen and oxygen atoms in total. The zero-order chi connectivity index (χ0) is 13.5. The summed E-state index contributed by atoms with van der Waals surface area (Å²) >= 11 is 3.34. The van der Waals surface area contributed by atoms with Crippen LogP contribution in [0.2, 0.25) is 0 Å². The molecular weight excluding hydrogens is 296 g/mol. The minimum Gasteiger partial charge on any atom is -0.392 e. The van der Waals surface area contributed by atoms with Gasteiger partial charge in [-0.25, -0.2) is 0 Å². The van der Waals surface area contributed by atoms with E-state index in [2.05, 4.69) is 26.6 Å². The average Bonchev–Trinajstić information content (AvgIpc) is 2.28. The van der Waals surface area contributed by atoms with E-state index in [0.29, 0.717) is 6.54 Å². The van der Waals surface area contributed by atoms with Gasteiger partial charge in [0, 0.05) is 16.7 Å². The normalized spacial score (nSPS) is 12.5. The molecule has 100 valence electrons. The lowest BCUT2D eigenvalue weighted by Crippen LogP contribution is -2.35. The molecule has 1 amide bonds. The summed E-state index contributed by atoms with van der Waals surface area (Å²) in [4.78, 5) is 11.6. The van der Waals surface area contributed by atoms with Crippen molar-refractivity contribution in [2.24, 2.45) is 5.92 Å². The molecule has 0 radical (unpaired) electrons. The Morgan fingerprint density at radius 1 is 1.44 bits per heavy atom. The number of amides is 1. The van der Waals surface area contributed by atoms with E-state index in [-0.39, 0.29) is 18.4 Å². The van der Waals surface area contributed by atoms with Gasteiger partial charge in [0.2, 0.25) is 5.91 Å². The van der Waals surface area contributed by atoms with Crippen molar-refractivity contribution in [3.8, 4) is 0 Å². The molecule has 0 bridgehead atoms. The second-order valence-corrected chi connectivity index (χ2v) is 5.42. The van der Waals surface area contributed by atoms with Gasteiger partial charge in [-0.05, 0) is 24.1 Å². The molecule has 0 spiro atoms. The molecule has 1 atom stereocenters. The van der Waals surface area contributed by atoms with E-state index >= 15 is 0 Å². The van der Waals surface area contributed by atoms with Crippen molar-refractivity contribution in [1.29, 1.82) is 0 Å². The quantitative estimate of drug-likeness (QED) is 0.752. The van der Waals surface area contributed by atoms with Crippen molar-refractivity contribution in [2.75, 3.05) is 18.4 Å². The van der Waals surface area contributed by atoms with Gasteiger partial charge >= 0.3 is 0 Å². The van der Waals surface area contributed by atoms with Gasteiger partial charge in [-0.2, -0.15) is 0 Å². The number of benzene rings is 1. The molecule has 5 heteroatoms. The SMILES string of the molecule is CC(C)C(O)CNCC(=O)Nc1cccc(Br)c1. The van der Waals surface area contributed by atoms with Crippen LogP contribution in [0.3, 0.4) is 0 Å². The smallest absolute Gasteiger partial charge is 0.238 e. The monoisotopic (exact) mass is 314 g/mol. The van der Waals surface area contributed by atoms with Gasteiger partial charge in [0.15, 0.2) is 0 Å². The van der Waals surface area contributed by atoms with Crippen LogP contribution < -0.4 is 10.6 Å². The lowest BCUT2D eigenvalue weighted by molar-refractivity contribution is -0.115. The van der Waals surface area contributed by atoms with Crippen LogP contribution in [-0.4, -0.2) is 30.2 Å². The van der Waals surface area contributed by atoms with Crippen molar-refractivity contribution in [1.82, 2.24) is 5.32 Å². The number of nitrogens with one attached hydrogen (secondary N) is 2. The average molecular weight is 315 g/mol. The Morgan fingerprint density at radius 2 is 2.17 bits per heavy atom. The summed E-state index contributed by atoms with van der Waals surface area (Å²) in [5.74, 6) is 0.0645. The van der Waals surface area contributed by atoms with Gasteiger partial charge in [-0.3, -0.25) is 4.79 Å². The first-order valence-electron chi connectivity index (χ1n) is 5.93. The Hall–Kier alpha value is -0.910. The lowest BCUT2D eigenvalue weighted by Gasteiger charge is -2.14. The maximum atomic E-state index is 11.6. The molecular formula is C13H19BrN2O2. The number of carbonyl (C=O) groups excluding carboxylic acids is 1. The Bertz CT molecular complexity index is 396. The van der Waals surface area contributed by atoms with Gasteiger partial charge in [0.1, 0.15) is 0 Å². The Morgan fingerprint density at radius 3 is 2.78 bits per heavy atom. The minimum absolute atomic E-state index is 0.121.